The molecular weight excluding hydrogens is 392 g/mol. The van der Waals surface area contributed by atoms with E-state index in [1.165, 1.54) is 30.3 Å². The van der Waals surface area contributed by atoms with Gasteiger partial charge >= 0.3 is 24.1 Å². The second-order valence-corrected chi connectivity index (χ2v) is 5.83. The Morgan fingerprint density at radius 3 is 2.11 bits per heavy atom. The second-order valence-electron chi connectivity index (χ2n) is 5.83. The fourth-order valence-corrected chi connectivity index (χ4v) is 2.53. The third-order valence-electron chi connectivity index (χ3n) is 3.64. The molecule has 7 nitrogen and oxygen atoms in total. The van der Waals surface area contributed by atoms with Crippen LogP contribution in [0.1, 0.15) is 24.2 Å². The van der Waals surface area contributed by atoms with Gasteiger partial charge in [-0.2, -0.15) is 13.2 Å². The number of benzene rings is 1. The molecule has 0 radical (unpaired) electrons. The van der Waals surface area contributed by atoms with Crippen LogP contribution in [0.15, 0.2) is 30.3 Å². The molecule has 1 saturated heterocycles. The molecule has 5 unspecified atom stereocenters. The third-order valence-corrected chi connectivity index (χ3v) is 3.64. The van der Waals surface area contributed by atoms with E-state index in [0.717, 1.165) is 13.8 Å². The quantitative estimate of drug-likeness (QED) is 0.420. The molecule has 0 aliphatic carbocycles. The monoisotopic (exact) mass is 408 g/mol. The summed E-state index contributed by atoms with van der Waals surface area (Å²) in [5.41, 5.74) is -0.196. The van der Waals surface area contributed by atoms with Crippen molar-refractivity contribution in [2.75, 3.05) is 0 Å². The van der Waals surface area contributed by atoms with Crippen LogP contribution in [0, 0.1) is 0 Å². The first-order valence-electron chi connectivity index (χ1n) is 7.97. The van der Waals surface area contributed by atoms with Crippen molar-refractivity contribution in [3.63, 3.8) is 0 Å². The standard InChI is InChI=1S/C17H16F4O7/c1-8(22)25-13-11(18)12(27-16(13)26-9(2)23)14(17(19,20)21)28-15(24)10-6-4-3-5-7-10/h3-7,11-14,16H,1-2H3. The molecule has 0 amide bonds. The van der Waals surface area contributed by atoms with E-state index in [2.05, 4.69) is 14.2 Å². The minimum atomic E-state index is -5.22. The number of esters is 3. The summed E-state index contributed by atoms with van der Waals surface area (Å²) in [6.07, 6.45) is -17.1. The molecule has 1 aliphatic heterocycles. The largest absolute Gasteiger partial charge is 0.453 e. The van der Waals surface area contributed by atoms with Gasteiger partial charge in [0.2, 0.25) is 12.4 Å². The molecule has 0 bridgehead atoms. The zero-order chi connectivity index (χ0) is 21.1. The molecule has 1 aliphatic rings. The number of ether oxygens (including phenoxy) is 4. The Hall–Kier alpha value is -2.69. The molecule has 0 aromatic heterocycles. The average molecular weight is 408 g/mol. The van der Waals surface area contributed by atoms with E-state index in [1.54, 1.807) is 0 Å². The number of hydrogen-bond donors (Lipinski definition) is 0. The summed E-state index contributed by atoms with van der Waals surface area (Å²) in [5, 5.41) is 0. The van der Waals surface area contributed by atoms with Crippen LogP contribution in [0.2, 0.25) is 0 Å². The maximum atomic E-state index is 14.7. The van der Waals surface area contributed by atoms with Gasteiger partial charge in [-0.1, -0.05) is 18.2 Å². The highest BCUT2D eigenvalue weighted by Crippen LogP contribution is 2.37. The van der Waals surface area contributed by atoms with Gasteiger partial charge in [-0.25, -0.2) is 9.18 Å². The van der Waals surface area contributed by atoms with E-state index in [1.807, 2.05) is 0 Å². The molecule has 1 heterocycles. The highest BCUT2D eigenvalue weighted by Gasteiger charge is 2.60. The molecule has 0 N–H and O–H groups in total. The lowest BCUT2D eigenvalue weighted by atomic mass is 10.1. The third kappa shape index (κ3) is 5.18. The summed E-state index contributed by atoms with van der Waals surface area (Å²) in [6.45, 7) is 1.80. The lowest BCUT2D eigenvalue weighted by molar-refractivity contribution is -0.250. The number of alkyl halides is 4. The van der Waals surface area contributed by atoms with E-state index in [-0.39, 0.29) is 5.56 Å². The predicted octanol–water partition coefficient (Wildman–Crippen LogP) is 2.33. The Balaban J connectivity index is 2.28. The average Bonchev–Trinajstić information content (AvgIpc) is 2.87. The van der Waals surface area contributed by atoms with Gasteiger partial charge in [0.05, 0.1) is 5.56 Å². The molecule has 5 atom stereocenters. The summed E-state index contributed by atoms with van der Waals surface area (Å²) in [6, 6.07) is 6.75. The van der Waals surface area contributed by atoms with Crippen LogP contribution in [0.4, 0.5) is 17.6 Å². The van der Waals surface area contributed by atoms with E-state index < -0.39 is 54.9 Å². The van der Waals surface area contributed by atoms with Crippen LogP contribution < -0.4 is 0 Å². The maximum Gasteiger partial charge on any atom is 0.428 e. The van der Waals surface area contributed by atoms with Crippen molar-refractivity contribution in [1.82, 2.24) is 0 Å². The minimum Gasteiger partial charge on any atom is -0.453 e. The highest BCUT2D eigenvalue weighted by molar-refractivity contribution is 5.89. The fourth-order valence-electron chi connectivity index (χ4n) is 2.53. The first-order chi connectivity index (χ1) is 13.0. The normalized spacial score (nSPS) is 25.6. The smallest absolute Gasteiger partial charge is 0.428 e. The Morgan fingerprint density at radius 1 is 1.04 bits per heavy atom. The Kier molecular flexibility index (Phi) is 6.60. The topological polar surface area (TPSA) is 88.1 Å². The zero-order valence-corrected chi connectivity index (χ0v) is 14.6. The molecule has 1 aromatic carbocycles. The maximum absolute atomic E-state index is 14.7. The van der Waals surface area contributed by atoms with Crippen molar-refractivity contribution in [3.05, 3.63) is 35.9 Å². The molecule has 28 heavy (non-hydrogen) atoms. The van der Waals surface area contributed by atoms with Crippen LogP contribution in [0.5, 0.6) is 0 Å². The van der Waals surface area contributed by atoms with Crippen LogP contribution in [0.25, 0.3) is 0 Å². The number of halogens is 4. The fraction of sp³-hybridized carbons (Fsp3) is 0.471. The van der Waals surface area contributed by atoms with Crippen molar-refractivity contribution < 1.29 is 50.9 Å². The van der Waals surface area contributed by atoms with E-state index >= 15 is 0 Å². The first kappa shape index (κ1) is 21.6. The predicted molar refractivity (Wildman–Crippen MR) is 82.6 cm³/mol. The molecule has 1 aromatic rings. The Bertz CT molecular complexity index is 722. The van der Waals surface area contributed by atoms with Gasteiger partial charge < -0.3 is 18.9 Å². The lowest BCUT2D eigenvalue weighted by Crippen LogP contribution is -2.48. The van der Waals surface area contributed by atoms with Crippen molar-refractivity contribution >= 4 is 17.9 Å². The van der Waals surface area contributed by atoms with Gasteiger partial charge in [-0.05, 0) is 12.1 Å². The number of carbonyl (C=O) groups excluding carboxylic acids is 3. The summed E-state index contributed by atoms with van der Waals surface area (Å²) in [5.74, 6) is -3.39. The van der Waals surface area contributed by atoms with Gasteiger partial charge in [-0.15, -0.1) is 0 Å². The molecule has 0 saturated carbocycles. The van der Waals surface area contributed by atoms with Crippen LogP contribution in [-0.4, -0.2) is 54.9 Å². The van der Waals surface area contributed by atoms with E-state index in [4.69, 9.17) is 4.74 Å². The van der Waals surface area contributed by atoms with Gasteiger partial charge in [-0.3, -0.25) is 9.59 Å². The summed E-state index contributed by atoms with van der Waals surface area (Å²) < 4.78 is 73.5. The Labute approximate surface area is 156 Å². The van der Waals surface area contributed by atoms with Crippen molar-refractivity contribution in [2.45, 2.75) is 50.8 Å². The Morgan fingerprint density at radius 2 is 1.61 bits per heavy atom. The summed E-state index contributed by atoms with van der Waals surface area (Å²) in [7, 11) is 0. The molecule has 154 valence electrons. The number of rotatable bonds is 5. The zero-order valence-electron chi connectivity index (χ0n) is 14.6. The second kappa shape index (κ2) is 8.55. The molecular formula is C17H16F4O7. The van der Waals surface area contributed by atoms with Crippen LogP contribution >= 0.6 is 0 Å². The van der Waals surface area contributed by atoms with Gasteiger partial charge in [0.1, 0.15) is 6.10 Å². The number of hydrogen-bond acceptors (Lipinski definition) is 7. The van der Waals surface area contributed by atoms with Crippen LogP contribution in [0.3, 0.4) is 0 Å². The molecule has 1 fully saturated rings. The van der Waals surface area contributed by atoms with Crippen molar-refractivity contribution in [2.24, 2.45) is 0 Å². The van der Waals surface area contributed by atoms with Gasteiger partial charge in [0, 0.05) is 13.8 Å². The molecule has 0 spiro atoms. The van der Waals surface area contributed by atoms with Gasteiger partial charge in [0.25, 0.3) is 0 Å². The van der Waals surface area contributed by atoms with Crippen LogP contribution in [-0.2, 0) is 28.5 Å². The SMILES string of the molecule is CC(=O)OC1OC(C(OC(=O)c2ccccc2)C(F)(F)F)C(F)C1OC(C)=O. The lowest BCUT2D eigenvalue weighted by Gasteiger charge is -2.26. The summed E-state index contributed by atoms with van der Waals surface area (Å²) >= 11 is 0. The van der Waals surface area contributed by atoms with E-state index in [0.29, 0.717) is 0 Å². The highest BCUT2D eigenvalue weighted by atomic mass is 19.4. The van der Waals surface area contributed by atoms with E-state index in [9.17, 15) is 31.9 Å². The van der Waals surface area contributed by atoms with Crippen molar-refractivity contribution in [1.29, 1.82) is 0 Å². The summed E-state index contributed by atoms with van der Waals surface area (Å²) in [4.78, 5) is 34.2. The molecule has 11 heteroatoms. The van der Waals surface area contributed by atoms with Crippen molar-refractivity contribution in [3.8, 4) is 0 Å². The molecule has 2 rings (SSSR count). The first-order valence-corrected chi connectivity index (χ1v) is 7.97. The van der Waals surface area contributed by atoms with Gasteiger partial charge in [0.15, 0.2) is 12.3 Å². The number of carbonyl (C=O) groups is 3. The minimum absolute atomic E-state index is 0.196.